The van der Waals surface area contributed by atoms with Crippen LogP contribution in [-0.2, 0) is 16.1 Å². The number of hydrogen-bond acceptors (Lipinski definition) is 5. The van der Waals surface area contributed by atoms with Gasteiger partial charge in [-0.25, -0.2) is 4.79 Å². The molecule has 1 heterocycles. The lowest BCUT2D eigenvalue weighted by molar-refractivity contribution is -0.124. The first kappa shape index (κ1) is 20.2. The lowest BCUT2D eigenvalue weighted by Crippen LogP contribution is -2.28. The molecule has 27 heavy (non-hydrogen) atoms. The molecular formula is C20H25N3O4. The quantitative estimate of drug-likeness (QED) is 0.576. The topological polar surface area (TPSA) is 91.5 Å². The number of esters is 1. The van der Waals surface area contributed by atoms with E-state index in [1.54, 1.807) is 13.8 Å². The van der Waals surface area contributed by atoms with E-state index in [1.807, 2.05) is 43.3 Å². The Morgan fingerprint density at radius 2 is 1.74 bits per heavy atom. The zero-order valence-corrected chi connectivity index (χ0v) is 16.3. The van der Waals surface area contributed by atoms with E-state index < -0.39 is 11.9 Å². The summed E-state index contributed by atoms with van der Waals surface area (Å²) in [6, 6.07) is 7.78. The number of aromatic nitrogens is 1. The third-order valence-electron chi connectivity index (χ3n) is 4.27. The van der Waals surface area contributed by atoms with Gasteiger partial charge in [-0.15, -0.1) is 0 Å². The molecule has 144 valence electrons. The van der Waals surface area contributed by atoms with Gasteiger partial charge in [-0.3, -0.25) is 9.59 Å². The molecule has 0 aliphatic heterocycles. The molecule has 0 radical (unpaired) electrons. The molecule has 0 atom stereocenters. The van der Waals surface area contributed by atoms with E-state index >= 15 is 0 Å². The van der Waals surface area contributed by atoms with Gasteiger partial charge in [0.25, 0.3) is 5.91 Å². The molecule has 1 aromatic heterocycles. The lowest BCUT2D eigenvalue weighted by Gasteiger charge is -2.13. The van der Waals surface area contributed by atoms with Crippen molar-refractivity contribution < 1.29 is 19.1 Å². The smallest absolute Gasteiger partial charge is 0.355 e. The van der Waals surface area contributed by atoms with E-state index in [0.717, 1.165) is 11.3 Å². The minimum absolute atomic E-state index is 0.127. The number of anilines is 1. The van der Waals surface area contributed by atoms with E-state index in [2.05, 4.69) is 10.3 Å². The van der Waals surface area contributed by atoms with Crippen molar-refractivity contribution in [2.45, 2.75) is 27.3 Å². The zero-order valence-electron chi connectivity index (χ0n) is 16.3. The first-order valence-electron chi connectivity index (χ1n) is 8.61. The Morgan fingerprint density at radius 1 is 1.11 bits per heavy atom. The summed E-state index contributed by atoms with van der Waals surface area (Å²) in [5.74, 6) is -1.18. The number of carbonyl (C=O) groups excluding carboxylic acids is 3. The number of aryl methyl sites for hydroxylation is 1. The number of rotatable bonds is 7. The van der Waals surface area contributed by atoms with Gasteiger partial charge in [0.05, 0.1) is 0 Å². The highest BCUT2D eigenvalue weighted by Gasteiger charge is 2.21. The van der Waals surface area contributed by atoms with Crippen molar-refractivity contribution in [3.05, 3.63) is 52.3 Å². The summed E-state index contributed by atoms with van der Waals surface area (Å²) >= 11 is 0. The molecule has 0 unspecified atom stereocenters. The molecule has 7 heteroatoms. The third-order valence-corrected chi connectivity index (χ3v) is 4.27. The number of nitrogens with one attached hydrogen (secondary N) is 2. The Labute approximate surface area is 158 Å². The second-order valence-electron chi connectivity index (χ2n) is 6.59. The van der Waals surface area contributed by atoms with Crippen LogP contribution >= 0.6 is 0 Å². The number of nitrogens with zero attached hydrogens (tertiary/aromatic N) is 1. The highest BCUT2D eigenvalue weighted by molar-refractivity contribution is 6.01. The molecular weight excluding hydrogens is 346 g/mol. The van der Waals surface area contributed by atoms with Gasteiger partial charge in [-0.05, 0) is 44.0 Å². The number of H-pyrrole nitrogens is 1. The monoisotopic (exact) mass is 371 g/mol. The van der Waals surface area contributed by atoms with Crippen molar-refractivity contribution >= 4 is 23.3 Å². The van der Waals surface area contributed by atoms with Crippen molar-refractivity contribution in [3.8, 4) is 0 Å². The van der Waals surface area contributed by atoms with Crippen LogP contribution in [0.15, 0.2) is 24.3 Å². The van der Waals surface area contributed by atoms with Gasteiger partial charge in [0.2, 0.25) is 0 Å². The molecule has 0 aliphatic carbocycles. The first-order valence-corrected chi connectivity index (χ1v) is 8.61. The van der Waals surface area contributed by atoms with Crippen LogP contribution in [0, 0.1) is 13.8 Å². The summed E-state index contributed by atoms with van der Waals surface area (Å²) in [4.78, 5) is 40.6. The molecule has 0 saturated carbocycles. The number of benzene rings is 1. The number of aromatic amines is 1. The summed E-state index contributed by atoms with van der Waals surface area (Å²) in [7, 11) is 3.91. The average molecular weight is 371 g/mol. The van der Waals surface area contributed by atoms with Gasteiger partial charge in [-0.1, -0.05) is 12.1 Å². The molecule has 2 aromatic rings. The Hall–Kier alpha value is -3.09. The minimum atomic E-state index is -0.659. The van der Waals surface area contributed by atoms with Gasteiger partial charge in [-0.2, -0.15) is 0 Å². The second kappa shape index (κ2) is 8.53. The number of ketones is 1. The number of ether oxygens (including phenoxy) is 1. The molecule has 1 amide bonds. The standard InChI is InChI=1S/C20H25N3O4/c1-12-18(14(3)24)13(2)22-19(12)20(26)27-11-17(25)21-10-15-6-8-16(9-7-15)23(4)5/h6-9,22H,10-11H2,1-5H3,(H,21,25). The maximum absolute atomic E-state index is 12.2. The van der Waals surface area contributed by atoms with Crippen LogP contribution in [0.25, 0.3) is 0 Å². The van der Waals surface area contributed by atoms with E-state index in [-0.39, 0.29) is 18.1 Å². The Balaban J connectivity index is 1.87. The van der Waals surface area contributed by atoms with E-state index in [1.165, 1.54) is 6.92 Å². The van der Waals surface area contributed by atoms with Crippen LogP contribution in [-0.4, -0.2) is 43.3 Å². The van der Waals surface area contributed by atoms with Crippen LogP contribution < -0.4 is 10.2 Å². The van der Waals surface area contributed by atoms with Gasteiger partial charge >= 0.3 is 5.97 Å². The maximum atomic E-state index is 12.2. The summed E-state index contributed by atoms with van der Waals surface area (Å²) in [5, 5.41) is 2.71. The molecule has 0 fully saturated rings. The molecule has 0 saturated heterocycles. The van der Waals surface area contributed by atoms with Crippen LogP contribution in [0.5, 0.6) is 0 Å². The third kappa shape index (κ3) is 4.97. The van der Waals surface area contributed by atoms with E-state index in [0.29, 0.717) is 23.4 Å². The predicted molar refractivity (Wildman–Crippen MR) is 103 cm³/mol. The van der Waals surface area contributed by atoms with Crippen LogP contribution in [0.4, 0.5) is 5.69 Å². The van der Waals surface area contributed by atoms with Gasteiger partial charge < -0.3 is 19.9 Å². The summed E-state index contributed by atoms with van der Waals surface area (Å²) < 4.78 is 5.06. The van der Waals surface area contributed by atoms with Crippen molar-refractivity contribution in [2.24, 2.45) is 0 Å². The van der Waals surface area contributed by atoms with Gasteiger partial charge in [0.15, 0.2) is 12.4 Å². The summed E-state index contributed by atoms with van der Waals surface area (Å²) in [6.07, 6.45) is 0. The van der Waals surface area contributed by atoms with Gasteiger partial charge in [0, 0.05) is 37.6 Å². The number of amides is 1. The van der Waals surface area contributed by atoms with Crippen molar-refractivity contribution in [1.29, 1.82) is 0 Å². The minimum Gasteiger partial charge on any atom is -0.451 e. The number of Topliss-reactive ketones (excluding diaryl/α,β-unsaturated/α-hetero) is 1. The molecule has 0 spiro atoms. The number of carbonyl (C=O) groups is 3. The largest absolute Gasteiger partial charge is 0.451 e. The molecule has 2 N–H and O–H groups in total. The lowest BCUT2D eigenvalue weighted by atomic mass is 10.1. The fraction of sp³-hybridized carbons (Fsp3) is 0.350. The summed E-state index contributed by atoms with van der Waals surface area (Å²) in [5.41, 5.74) is 3.84. The maximum Gasteiger partial charge on any atom is 0.355 e. The molecule has 0 aliphatic rings. The molecule has 1 aromatic carbocycles. The van der Waals surface area contributed by atoms with E-state index in [4.69, 9.17) is 4.74 Å². The SMILES string of the molecule is CC(=O)c1c(C)[nH]c(C(=O)OCC(=O)NCc2ccc(N(C)C)cc2)c1C. The van der Waals surface area contributed by atoms with Crippen LogP contribution in [0.3, 0.4) is 0 Å². The predicted octanol–water partition coefficient (Wildman–Crippen LogP) is 2.37. The van der Waals surface area contributed by atoms with Crippen LogP contribution in [0.1, 0.15) is 44.6 Å². The Kier molecular flexibility index (Phi) is 6.39. The highest BCUT2D eigenvalue weighted by Crippen LogP contribution is 2.19. The highest BCUT2D eigenvalue weighted by atomic mass is 16.5. The average Bonchev–Trinajstić information content (AvgIpc) is 2.92. The molecule has 0 bridgehead atoms. The van der Waals surface area contributed by atoms with Gasteiger partial charge in [0.1, 0.15) is 5.69 Å². The summed E-state index contributed by atoms with van der Waals surface area (Å²) in [6.45, 7) is 4.79. The fourth-order valence-electron chi connectivity index (χ4n) is 2.85. The first-order chi connectivity index (χ1) is 12.7. The Bertz CT molecular complexity index is 851. The van der Waals surface area contributed by atoms with Crippen molar-refractivity contribution in [2.75, 3.05) is 25.6 Å². The number of hydrogen-bond donors (Lipinski definition) is 2. The second-order valence-corrected chi connectivity index (χ2v) is 6.59. The zero-order chi connectivity index (χ0) is 20.1. The van der Waals surface area contributed by atoms with E-state index in [9.17, 15) is 14.4 Å². The fourth-order valence-corrected chi connectivity index (χ4v) is 2.85. The van der Waals surface area contributed by atoms with Crippen LogP contribution in [0.2, 0.25) is 0 Å². The normalized spacial score (nSPS) is 10.4. The Morgan fingerprint density at radius 3 is 2.26 bits per heavy atom. The molecule has 2 rings (SSSR count). The van der Waals surface area contributed by atoms with Crippen molar-refractivity contribution in [3.63, 3.8) is 0 Å². The van der Waals surface area contributed by atoms with Crippen molar-refractivity contribution in [1.82, 2.24) is 10.3 Å². The molecule has 7 nitrogen and oxygen atoms in total.